The summed E-state index contributed by atoms with van der Waals surface area (Å²) in [5.74, 6) is 1.05. The predicted molar refractivity (Wildman–Crippen MR) is 95.4 cm³/mol. The van der Waals surface area contributed by atoms with Gasteiger partial charge < -0.3 is 10.2 Å². The molecule has 2 amide bonds. The molecule has 3 rings (SSSR count). The standard InChI is InChI=1S/C18H22Cl2N2O2/c19-14-5-6-15(16(20)9-14)18(24)21-10-17(23)22-8-7-12-3-1-2-4-13(12)11-22/h5-6,9,12-13H,1-4,7-8,10-11H2,(H,21,24)/t12-,13+/m0/s1. The molecule has 0 radical (unpaired) electrons. The predicted octanol–water partition coefficient (Wildman–Crippen LogP) is 3.76. The molecule has 4 nitrogen and oxygen atoms in total. The van der Waals surface area contributed by atoms with E-state index in [0.29, 0.717) is 16.5 Å². The summed E-state index contributed by atoms with van der Waals surface area (Å²) in [7, 11) is 0. The number of carbonyl (C=O) groups is 2. The molecule has 130 valence electrons. The lowest BCUT2D eigenvalue weighted by Gasteiger charge is -2.41. The molecule has 2 aliphatic rings. The van der Waals surface area contributed by atoms with Crippen LogP contribution >= 0.6 is 23.2 Å². The van der Waals surface area contributed by atoms with Crippen molar-refractivity contribution in [2.24, 2.45) is 11.8 Å². The summed E-state index contributed by atoms with van der Waals surface area (Å²) in [5, 5.41) is 3.43. The highest BCUT2D eigenvalue weighted by molar-refractivity contribution is 6.36. The van der Waals surface area contributed by atoms with Gasteiger partial charge in [-0.1, -0.05) is 42.5 Å². The topological polar surface area (TPSA) is 49.4 Å². The van der Waals surface area contributed by atoms with E-state index < -0.39 is 0 Å². The third-order valence-corrected chi connectivity index (χ3v) is 5.77. The molecule has 2 atom stereocenters. The summed E-state index contributed by atoms with van der Waals surface area (Å²) >= 11 is 11.9. The Morgan fingerprint density at radius 3 is 2.62 bits per heavy atom. The molecule has 2 fully saturated rings. The summed E-state index contributed by atoms with van der Waals surface area (Å²) in [6, 6.07) is 4.70. The summed E-state index contributed by atoms with van der Waals surface area (Å²) < 4.78 is 0. The third kappa shape index (κ3) is 4.04. The quantitative estimate of drug-likeness (QED) is 0.882. The average molecular weight is 369 g/mol. The van der Waals surface area contributed by atoms with E-state index in [1.807, 2.05) is 4.90 Å². The normalized spacial score (nSPS) is 23.5. The molecule has 0 unspecified atom stereocenters. The molecule has 24 heavy (non-hydrogen) atoms. The van der Waals surface area contributed by atoms with E-state index in [9.17, 15) is 9.59 Å². The van der Waals surface area contributed by atoms with E-state index in [-0.39, 0.29) is 23.4 Å². The van der Waals surface area contributed by atoms with E-state index >= 15 is 0 Å². The molecule has 1 aliphatic carbocycles. The van der Waals surface area contributed by atoms with Crippen LogP contribution in [0.1, 0.15) is 42.5 Å². The van der Waals surface area contributed by atoms with Gasteiger partial charge in [-0.2, -0.15) is 0 Å². The Morgan fingerprint density at radius 1 is 1.12 bits per heavy atom. The van der Waals surface area contributed by atoms with Gasteiger partial charge in [0.05, 0.1) is 17.1 Å². The Bertz CT molecular complexity index is 635. The molecule has 1 aromatic rings. The minimum Gasteiger partial charge on any atom is -0.343 e. The van der Waals surface area contributed by atoms with E-state index in [1.54, 1.807) is 12.1 Å². The Kier molecular flexibility index (Phi) is 5.67. The molecule has 1 aliphatic heterocycles. The second-order valence-corrected chi connectivity index (χ2v) is 7.58. The molecule has 1 N–H and O–H groups in total. The summed E-state index contributed by atoms with van der Waals surface area (Å²) in [4.78, 5) is 26.5. The Morgan fingerprint density at radius 2 is 1.88 bits per heavy atom. The van der Waals surface area contributed by atoms with Gasteiger partial charge in [0.25, 0.3) is 5.91 Å². The maximum absolute atomic E-state index is 12.4. The van der Waals surface area contributed by atoms with E-state index in [2.05, 4.69) is 5.32 Å². The average Bonchev–Trinajstić information content (AvgIpc) is 2.59. The lowest BCUT2D eigenvalue weighted by molar-refractivity contribution is -0.133. The third-order valence-electron chi connectivity index (χ3n) is 5.22. The minimum absolute atomic E-state index is 0.00910. The van der Waals surface area contributed by atoms with Gasteiger partial charge >= 0.3 is 0 Å². The van der Waals surface area contributed by atoms with Crippen molar-refractivity contribution in [3.63, 3.8) is 0 Å². The highest BCUT2D eigenvalue weighted by Crippen LogP contribution is 2.35. The van der Waals surface area contributed by atoms with Gasteiger partial charge in [0.1, 0.15) is 0 Å². The van der Waals surface area contributed by atoms with Gasteiger partial charge in [-0.3, -0.25) is 9.59 Å². The van der Waals surface area contributed by atoms with E-state index in [4.69, 9.17) is 23.2 Å². The number of piperidine rings is 1. The smallest absolute Gasteiger partial charge is 0.253 e. The van der Waals surface area contributed by atoms with Crippen LogP contribution in [0.3, 0.4) is 0 Å². The molecule has 1 aromatic carbocycles. The summed E-state index contributed by atoms with van der Waals surface area (Å²) in [5.41, 5.74) is 0.333. The molecule has 1 saturated carbocycles. The molecule has 0 aromatic heterocycles. The largest absolute Gasteiger partial charge is 0.343 e. The van der Waals surface area contributed by atoms with Crippen LogP contribution in [-0.2, 0) is 4.79 Å². The van der Waals surface area contributed by atoms with Crippen LogP contribution in [0.4, 0.5) is 0 Å². The van der Waals surface area contributed by atoms with Crippen molar-refractivity contribution in [1.29, 1.82) is 0 Å². The number of nitrogens with zero attached hydrogens (tertiary/aromatic N) is 1. The zero-order chi connectivity index (χ0) is 17.1. The van der Waals surface area contributed by atoms with Crippen LogP contribution in [0.5, 0.6) is 0 Å². The SMILES string of the molecule is O=C(NCC(=O)N1CC[C@@H]2CCCC[C@@H]2C1)c1ccc(Cl)cc1Cl. The molecule has 6 heteroatoms. The number of halogens is 2. The van der Waals surface area contributed by atoms with Crippen LogP contribution < -0.4 is 5.32 Å². The first-order valence-corrected chi connectivity index (χ1v) is 9.31. The number of hydrogen-bond donors (Lipinski definition) is 1. The van der Waals surface area contributed by atoms with Gasteiger partial charge in [0, 0.05) is 18.1 Å². The lowest BCUT2D eigenvalue weighted by atomic mass is 9.75. The first kappa shape index (κ1) is 17.6. The van der Waals surface area contributed by atoms with Crippen molar-refractivity contribution >= 4 is 35.0 Å². The summed E-state index contributed by atoms with van der Waals surface area (Å²) in [6.45, 7) is 1.65. The van der Waals surface area contributed by atoms with Crippen LogP contribution in [0.2, 0.25) is 10.0 Å². The van der Waals surface area contributed by atoms with Gasteiger partial charge in [-0.05, 0) is 42.9 Å². The fraction of sp³-hybridized carbons (Fsp3) is 0.556. The molecular formula is C18H22Cl2N2O2. The summed E-state index contributed by atoms with van der Waals surface area (Å²) in [6.07, 6.45) is 6.22. The van der Waals surface area contributed by atoms with Gasteiger partial charge in [-0.25, -0.2) is 0 Å². The molecule has 0 spiro atoms. The van der Waals surface area contributed by atoms with Crippen molar-refractivity contribution in [1.82, 2.24) is 10.2 Å². The number of fused-ring (bicyclic) bond motifs is 1. The first-order chi connectivity index (χ1) is 11.5. The first-order valence-electron chi connectivity index (χ1n) is 8.55. The van der Waals surface area contributed by atoms with Crippen LogP contribution in [0.15, 0.2) is 18.2 Å². The van der Waals surface area contributed by atoms with Crippen molar-refractivity contribution in [2.45, 2.75) is 32.1 Å². The Hall–Kier alpha value is -1.26. The maximum atomic E-state index is 12.4. The number of amides is 2. The number of carbonyl (C=O) groups excluding carboxylic acids is 2. The van der Waals surface area contributed by atoms with Gasteiger partial charge in [0.2, 0.25) is 5.91 Å². The Labute approximate surface area is 152 Å². The Balaban J connectivity index is 1.52. The van der Waals surface area contributed by atoms with Crippen molar-refractivity contribution < 1.29 is 9.59 Å². The molecular weight excluding hydrogens is 347 g/mol. The second-order valence-electron chi connectivity index (χ2n) is 6.74. The zero-order valence-corrected chi connectivity index (χ0v) is 15.1. The number of rotatable bonds is 3. The van der Waals surface area contributed by atoms with Gasteiger partial charge in [0.15, 0.2) is 0 Å². The van der Waals surface area contributed by atoms with Crippen LogP contribution in [-0.4, -0.2) is 36.3 Å². The lowest BCUT2D eigenvalue weighted by Crippen LogP contribution is -2.48. The number of likely N-dealkylation sites (tertiary alicyclic amines) is 1. The number of hydrogen-bond acceptors (Lipinski definition) is 2. The van der Waals surface area contributed by atoms with Crippen molar-refractivity contribution in [3.05, 3.63) is 33.8 Å². The highest BCUT2D eigenvalue weighted by Gasteiger charge is 2.32. The fourth-order valence-corrected chi connectivity index (χ4v) is 4.36. The zero-order valence-electron chi connectivity index (χ0n) is 13.6. The van der Waals surface area contributed by atoms with Crippen molar-refractivity contribution in [2.75, 3.05) is 19.6 Å². The molecule has 0 bridgehead atoms. The highest BCUT2D eigenvalue weighted by atomic mass is 35.5. The maximum Gasteiger partial charge on any atom is 0.253 e. The van der Waals surface area contributed by atoms with E-state index in [0.717, 1.165) is 25.4 Å². The fourth-order valence-electron chi connectivity index (χ4n) is 3.86. The molecule has 1 heterocycles. The van der Waals surface area contributed by atoms with Crippen molar-refractivity contribution in [3.8, 4) is 0 Å². The molecule has 1 saturated heterocycles. The van der Waals surface area contributed by atoms with Crippen LogP contribution in [0.25, 0.3) is 0 Å². The minimum atomic E-state index is -0.349. The second kappa shape index (κ2) is 7.75. The van der Waals surface area contributed by atoms with E-state index in [1.165, 1.54) is 31.7 Å². The van der Waals surface area contributed by atoms with Crippen LogP contribution in [0, 0.1) is 11.8 Å². The monoisotopic (exact) mass is 368 g/mol. The number of benzene rings is 1. The number of nitrogens with one attached hydrogen (secondary N) is 1. The van der Waals surface area contributed by atoms with Gasteiger partial charge in [-0.15, -0.1) is 0 Å².